The molecule has 0 saturated carbocycles. The molecular formula is C29H34O11. The molecule has 0 spiro atoms. The average Bonchev–Trinajstić information content (AvgIpc) is 2.88. The van der Waals surface area contributed by atoms with Crippen LogP contribution in [0, 0.1) is 10.8 Å². The molecule has 0 aliphatic carbocycles. The molecule has 1 aromatic rings. The Hall–Kier alpha value is -3.96. The molecule has 40 heavy (non-hydrogen) atoms. The molecular weight excluding hydrogens is 524 g/mol. The molecule has 0 bridgehead atoms. The zero-order valence-corrected chi connectivity index (χ0v) is 22.6. The minimum Gasteiger partial charge on any atom is -0.489 e. The summed E-state index contributed by atoms with van der Waals surface area (Å²) in [6.07, 6.45) is 5.11. The van der Waals surface area contributed by atoms with Gasteiger partial charge in [-0.3, -0.25) is 0 Å². The smallest absolute Gasteiger partial charge is 0.339 e. The van der Waals surface area contributed by atoms with E-state index < -0.39 is 23.9 Å². The lowest BCUT2D eigenvalue weighted by atomic mass is 9.84. The van der Waals surface area contributed by atoms with Gasteiger partial charge in [-0.1, -0.05) is 26.5 Å². The molecule has 11 heteroatoms. The first-order valence-corrected chi connectivity index (χ1v) is 12.9. The molecule has 0 amide bonds. The first-order chi connectivity index (χ1) is 19.1. The number of rotatable bonds is 15. The lowest BCUT2D eigenvalue weighted by molar-refractivity contribution is -0.167. The number of carboxylic acids is 2. The monoisotopic (exact) mass is 558 g/mol. The molecule has 2 N–H and O–H groups in total. The standard InChI is InChI=1S/C29H34O11/c1-4-7-20(24(30)31)22(26(34)39-17-28(5-2)13-36-14-28)10-11-38-19-8-9-21(25(32)33)23(12-19)27(35)40-18-29(6-3)15-37-16-29/h4,7-10,12H,1,5-6,11,13-18H2,2-3H3,(H,30,31)(H,32,33)/b20-7+,22-10+. The Morgan fingerprint density at radius 2 is 1.52 bits per heavy atom. The summed E-state index contributed by atoms with van der Waals surface area (Å²) in [5.74, 6) is -4.25. The Labute approximate surface area is 232 Å². The summed E-state index contributed by atoms with van der Waals surface area (Å²) < 4.78 is 27.0. The van der Waals surface area contributed by atoms with Crippen molar-refractivity contribution < 1.29 is 53.1 Å². The zero-order chi connectivity index (χ0) is 29.3. The number of aliphatic carboxylic acids is 1. The van der Waals surface area contributed by atoms with Gasteiger partial charge in [0.15, 0.2) is 0 Å². The molecule has 3 rings (SSSR count). The van der Waals surface area contributed by atoms with E-state index in [1.54, 1.807) is 0 Å². The van der Waals surface area contributed by atoms with Gasteiger partial charge in [-0.15, -0.1) is 0 Å². The third kappa shape index (κ3) is 7.16. The van der Waals surface area contributed by atoms with E-state index in [0.717, 1.165) is 12.8 Å². The van der Waals surface area contributed by atoms with E-state index in [0.29, 0.717) is 26.4 Å². The van der Waals surface area contributed by atoms with E-state index >= 15 is 0 Å². The molecule has 11 nitrogen and oxygen atoms in total. The van der Waals surface area contributed by atoms with Crippen molar-refractivity contribution in [2.24, 2.45) is 10.8 Å². The van der Waals surface area contributed by atoms with Crippen LogP contribution in [0.5, 0.6) is 5.75 Å². The highest BCUT2D eigenvalue weighted by Crippen LogP contribution is 2.33. The second-order valence-corrected chi connectivity index (χ2v) is 9.91. The molecule has 2 aliphatic rings. The molecule has 0 unspecified atom stereocenters. The van der Waals surface area contributed by atoms with Gasteiger partial charge in [-0.05, 0) is 43.2 Å². The fourth-order valence-corrected chi connectivity index (χ4v) is 4.04. The first-order valence-electron chi connectivity index (χ1n) is 12.9. The predicted octanol–water partition coefficient (Wildman–Crippen LogP) is 3.44. The highest BCUT2D eigenvalue weighted by molar-refractivity contribution is 6.06. The van der Waals surface area contributed by atoms with E-state index in [1.165, 1.54) is 36.4 Å². The van der Waals surface area contributed by atoms with Gasteiger partial charge in [0.1, 0.15) is 25.6 Å². The van der Waals surface area contributed by atoms with E-state index in [4.69, 9.17) is 23.7 Å². The first kappa shape index (κ1) is 30.6. The summed E-state index contributed by atoms with van der Waals surface area (Å²) in [6, 6.07) is 3.78. The molecule has 0 atom stereocenters. The summed E-state index contributed by atoms with van der Waals surface area (Å²) in [5.41, 5.74) is -1.64. The maximum absolute atomic E-state index is 12.9. The van der Waals surface area contributed by atoms with E-state index in [9.17, 15) is 29.4 Å². The molecule has 2 aliphatic heterocycles. The summed E-state index contributed by atoms with van der Waals surface area (Å²) >= 11 is 0. The van der Waals surface area contributed by atoms with Gasteiger partial charge < -0.3 is 33.9 Å². The number of allylic oxidation sites excluding steroid dienone is 2. The van der Waals surface area contributed by atoms with Crippen LogP contribution in [0.15, 0.2) is 54.2 Å². The SMILES string of the molecule is C=C/C=C(C(=O)O)\C(=C/COc1ccc(C(=O)O)c(C(=O)OCC2(CC)COC2)c1)C(=O)OCC1(CC)COC1. The van der Waals surface area contributed by atoms with Crippen molar-refractivity contribution in [2.45, 2.75) is 26.7 Å². The van der Waals surface area contributed by atoms with Gasteiger partial charge in [-0.25, -0.2) is 19.2 Å². The summed E-state index contributed by atoms with van der Waals surface area (Å²) in [7, 11) is 0. The van der Waals surface area contributed by atoms with E-state index in [1.807, 2.05) is 13.8 Å². The number of aromatic carboxylic acids is 1. The van der Waals surface area contributed by atoms with Crippen LogP contribution < -0.4 is 4.74 Å². The molecule has 2 fully saturated rings. The lowest BCUT2D eigenvalue weighted by Crippen LogP contribution is -2.46. The van der Waals surface area contributed by atoms with Gasteiger partial charge in [0, 0.05) is 0 Å². The number of carboxylic acid groups (broad SMARTS) is 2. The number of hydrogen-bond donors (Lipinski definition) is 2. The average molecular weight is 559 g/mol. The molecule has 2 heterocycles. The van der Waals surface area contributed by atoms with Crippen molar-refractivity contribution in [3.8, 4) is 5.75 Å². The number of esters is 2. The van der Waals surface area contributed by atoms with Crippen LogP contribution in [0.2, 0.25) is 0 Å². The van der Waals surface area contributed by atoms with Crippen LogP contribution in [0.1, 0.15) is 47.4 Å². The van der Waals surface area contributed by atoms with Crippen LogP contribution in [-0.2, 0) is 28.5 Å². The molecule has 0 aromatic heterocycles. The Morgan fingerprint density at radius 3 is 2.00 bits per heavy atom. The van der Waals surface area contributed by atoms with Gasteiger partial charge in [-0.2, -0.15) is 0 Å². The van der Waals surface area contributed by atoms with Crippen LogP contribution in [0.3, 0.4) is 0 Å². The maximum atomic E-state index is 12.9. The third-order valence-corrected chi connectivity index (χ3v) is 7.16. The van der Waals surface area contributed by atoms with Crippen LogP contribution in [-0.4, -0.2) is 80.3 Å². The number of benzene rings is 1. The van der Waals surface area contributed by atoms with Crippen molar-refractivity contribution in [3.05, 3.63) is 65.3 Å². The second kappa shape index (κ2) is 13.4. The molecule has 2 saturated heterocycles. The Balaban J connectivity index is 1.77. The highest BCUT2D eigenvalue weighted by Gasteiger charge is 2.39. The number of ether oxygens (including phenoxy) is 5. The van der Waals surface area contributed by atoms with Crippen molar-refractivity contribution in [1.82, 2.24) is 0 Å². The minimum atomic E-state index is -1.36. The largest absolute Gasteiger partial charge is 0.489 e. The number of hydrogen-bond acceptors (Lipinski definition) is 9. The van der Waals surface area contributed by atoms with Crippen LogP contribution in [0.25, 0.3) is 0 Å². The Bertz CT molecular complexity index is 1190. The van der Waals surface area contributed by atoms with Gasteiger partial charge in [0.25, 0.3) is 0 Å². The summed E-state index contributed by atoms with van der Waals surface area (Å²) in [4.78, 5) is 49.3. The second-order valence-electron chi connectivity index (χ2n) is 9.91. The number of carbonyl (C=O) groups is 4. The highest BCUT2D eigenvalue weighted by atomic mass is 16.6. The summed E-state index contributed by atoms with van der Waals surface area (Å²) in [5, 5.41) is 19.2. The Kier molecular flexibility index (Phi) is 10.2. The third-order valence-electron chi connectivity index (χ3n) is 7.16. The molecule has 216 valence electrons. The molecule has 1 aromatic carbocycles. The fourth-order valence-electron chi connectivity index (χ4n) is 4.04. The van der Waals surface area contributed by atoms with Crippen LogP contribution in [0.4, 0.5) is 0 Å². The van der Waals surface area contributed by atoms with Crippen LogP contribution >= 0.6 is 0 Å². The quantitative estimate of drug-likeness (QED) is 0.185. The topological polar surface area (TPSA) is 155 Å². The van der Waals surface area contributed by atoms with Crippen molar-refractivity contribution in [2.75, 3.05) is 46.2 Å². The van der Waals surface area contributed by atoms with E-state index in [-0.39, 0.29) is 58.7 Å². The van der Waals surface area contributed by atoms with Crippen molar-refractivity contribution in [1.29, 1.82) is 0 Å². The predicted molar refractivity (Wildman–Crippen MR) is 141 cm³/mol. The normalized spacial score (nSPS) is 17.6. The maximum Gasteiger partial charge on any atom is 0.339 e. The Morgan fingerprint density at radius 1 is 0.925 bits per heavy atom. The summed E-state index contributed by atoms with van der Waals surface area (Å²) in [6.45, 7) is 9.05. The van der Waals surface area contributed by atoms with Gasteiger partial charge in [0.05, 0.1) is 59.5 Å². The minimum absolute atomic E-state index is 0.0646. The number of carbonyl (C=O) groups excluding carboxylic acids is 2. The van der Waals surface area contributed by atoms with E-state index in [2.05, 4.69) is 6.58 Å². The van der Waals surface area contributed by atoms with Gasteiger partial charge in [0.2, 0.25) is 0 Å². The van der Waals surface area contributed by atoms with Gasteiger partial charge >= 0.3 is 23.9 Å². The van der Waals surface area contributed by atoms with Crippen molar-refractivity contribution in [3.63, 3.8) is 0 Å². The fraction of sp³-hybridized carbons (Fsp3) is 0.448. The lowest BCUT2D eigenvalue weighted by Gasteiger charge is -2.40. The molecule has 0 radical (unpaired) electrons. The zero-order valence-electron chi connectivity index (χ0n) is 22.6. The van der Waals surface area contributed by atoms with Crippen molar-refractivity contribution >= 4 is 23.9 Å².